The van der Waals surface area contributed by atoms with Crippen LogP contribution in [0.5, 0.6) is 0 Å². The summed E-state index contributed by atoms with van der Waals surface area (Å²) in [4.78, 5) is 7.67. The maximum absolute atomic E-state index is 2.57. The molecule has 0 aliphatic carbocycles. The second-order valence-corrected chi connectivity index (χ2v) is 16.4. The summed E-state index contributed by atoms with van der Waals surface area (Å²) in [6.07, 6.45) is 0. The zero-order valence-electron chi connectivity index (χ0n) is 33.4. The third-order valence-corrected chi connectivity index (χ3v) is 13.2. The van der Waals surface area contributed by atoms with Crippen molar-refractivity contribution in [3.63, 3.8) is 0 Å². The Hall–Kier alpha value is -7.75. The number of anilines is 9. The van der Waals surface area contributed by atoms with Gasteiger partial charge in [-0.25, -0.2) is 0 Å². The first-order chi connectivity index (χ1) is 30.3. The van der Waals surface area contributed by atoms with Gasteiger partial charge in [-0.05, 0) is 93.8 Å². The second kappa shape index (κ2) is 13.4. The van der Waals surface area contributed by atoms with Crippen LogP contribution >= 0.6 is 0 Å². The number of hydrogen-bond acceptors (Lipinski definition) is 3. The largest absolute Gasteiger partial charge is 0.309 e. The molecule has 282 valence electrons. The molecule has 0 radical (unpaired) electrons. The third-order valence-electron chi connectivity index (χ3n) is 13.2. The quantitative estimate of drug-likeness (QED) is 0.130. The van der Waals surface area contributed by atoms with E-state index in [-0.39, 0.29) is 13.4 Å². The van der Waals surface area contributed by atoms with Gasteiger partial charge in [-0.15, -0.1) is 0 Å². The van der Waals surface area contributed by atoms with Gasteiger partial charge in [-0.2, -0.15) is 0 Å². The molecule has 0 unspecified atom stereocenters. The van der Waals surface area contributed by atoms with Gasteiger partial charge in [0.05, 0.1) is 34.1 Å². The third kappa shape index (κ3) is 5.01. The summed E-state index contributed by atoms with van der Waals surface area (Å²) in [6, 6.07) is 83.3. The summed E-state index contributed by atoms with van der Waals surface area (Å²) in [5.74, 6) is 0. The summed E-state index contributed by atoms with van der Waals surface area (Å²) in [7, 11) is 0. The van der Waals surface area contributed by atoms with Crippen LogP contribution in [0.15, 0.2) is 224 Å². The minimum atomic E-state index is 0.0104. The average Bonchev–Trinajstić information content (AvgIpc) is 3.33. The molecule has 0 spiro atoms. The lowest BCUT2D eigenvalue weighted by atomic mass is 9.20. The molecule has 0 bridgehead atoms. The molecule has 3 aliphatic heterocycles. The molecule has 3 aliphatic rings. The molecular formula is C56H37B2N3. The van der Waals surface area contributed by atoms with Gasteiger partial charge in [0.1, 0.15) is 0 Å². The van der Waals surface area contributed by atoms with E-state index in [4.69, 9.17) is 0 Å². The normalized spacial score (nSPS) is 13.4. The topological polar surface area (TPSA) is 9.72 Å². The Balaban J connectivity index is 1.24. The van der Waals surface area contributed by atoms with Crippen molar-refractivity contribution in [1.29, 1.82) is 0 Å². The van der Waals surface area contributed by atoms with Gasteiger partial charge in [-0.1, -0.05) is 180 Å². The zero-order chi connectivity index (χ0) is 40.0. The van der Waals surface area contributed by atoms with Gasteiger partial charge in [0.2, 0.25) is 13.4 Å². The fourth-order valence-electron chi connectivity index (χ4n) is 10.8. The van der Waals surface area contributed by atoms with Gasteiger partial charge >= 0.3 is 0 Å². The summed E-state index contributed by atoms with van der Waals surface area (Å²) in [6.45, 7) is 0.0334. The molecule has 3 nitrogen and oxygen atoms in total. The van der Waals surface area contributed by atoms with Crippen molar-refractivity contribution in [3.05, 3.63) is 224 Å². The first-order valence-electron chi connectivity index (χ1n) is 21.3. The lowest BCUT2D eigenvalue weighted by Gasteiger charge is -2.48. The Morgan fingerprint density at radius 3 is 1.46 bits per heavy atom. The molecule has 3 heterocycles. The van der Waals surface area contributed by atoms with E-state index in [2.05, 4.69) is 239 Å². The van der Waals surface area contributed by atoms with E-state index in [1.54, 1.807) is 0 Å². The van der Waals surface area contributed by atoms with Crippen molar-refractivity contribution in [2.45, 2.75) is 0 Å². The van der Waals surface area contributed by atoms with Crippen LogP contribution in [-0.4, -0.2) is 13.4 Å². The predicted molar refractivity (Wildman–Crippen MR) is 261 cm³/mol. The average molecular weight is 774 g/mol. The van der Waals surface area contributed by atoms with Crippen LogP contribution in [0.2, 0.25) is 0 Å². The maximum atomic E-state index is 2.57. The van der Waals surface area contributed by atoms with Crippen LogP contribution in [0.4, 0.5) is 51.2 Å². The highest BCUT2D eigenvalue weighted by Gasteiger charge is 2.48. The lowest BCUT2D eigenvalue weighted by Crippen LogP contribution is -2.76. The van der Waals surface area contributed by atoms with Crippen molar-refractivity contribution in [3.8, 4) is 0 Å². The number of para-hydroxylation sites is 5. The molecular weight excluding hydrogens is 736 g/mol. The van der Waals surface area contributed by atoms with E-state index >= 15 is 0 Å². The summed E-state index contributed by atoms with van der Waals surface area (Å²) < 4.78 is 0. The van der Waals surface area contributed by atoms with Crippen molar-refractivity contribution in [2.24, 2.45) is 0 Å². The Labute approximate surface area is 356 Å². The number of benzene rings is 10. The van der Waals surface area contributed by atoms with E-state index in [9.17, 15) is 0 Å². The van der Waals surface area contributed by atoms with E-state index in [1.165, 1.54) is 65.7 Å². The van der Waals surface area contributed by atoms with Crippen LogP contribution in [0.25, 0.3) is 21.5 Å². The first-order valence-corrected chi connectivity index (χ1v) is 21.3. The van der Waals surface area contributed by atoms with Crippen LogP contribution in [0, 0.1) is 0 Å². The fraction of sp³-hybridized carbons (Fsp3) is 0. The molecule has 5 heteroatoms. The Morgan fingerprint density at radius 1 is 0.279 bits per heavy atom. The Bertz CT molecular complexity index is 3340. The number of hydrogen-bond donors (Lipinski definition) is 0. The second-order valence-electron chi connectivity index (χ2n) is 16.4. The van der Waals surface area contributed by atoms with Crippen molar-refractivity contribution >= 4 is 119 Å². The molecule has 0 fully saturated rings. The van der Waals surface area contributed by atoms with Gasteiger partial charge < -0.3 is 14.7 Å². The highest BCUT2D eigenvalue weighted by Crippen LogP contribution is 2.59. The van der Waals surface area contributed by atoms with Gasteiger partial charge in [0, 0.05) is 22.4 Å². The molecule has 0 aromatic heterocycles. The Morgan fingerprint density at radius 2 is 0.770 bits per heavy atom. The van der Waals surface area contributed by atoms with E-state index < -0.39 is 0 Å². The lowest BCUT2D eigenvalue weighted by molar-refractivity contribution is 1.16. The molecule has 0 amide bonds. The number of fused-ring (bicyclic) bond motifs is 9. The van der Waals surface area contributed by atoms with Crippen molar-refractivity contribution in [1.82, 2.24) is 0 Å². The molecule has 10 aromatic carbocycles. The molecule has 10 aromatic rings. The van der Waals surface area contributed by atoms with E-state index in [1.807, 2.05) is 0 Å². The number of nitrogens with zero attached hydrogens (tertiary/aromatic N) is 3. The van der Waals surface area contributed by atoms with Crippen LogP contribution in [0.1, 0.15) is 0 Å². The van der Waals surface area contributed by atoms with Crippen LogP contribution in [0.3, 0.4) is 0 Å². The summed E-state index contributed by atoms with van der Waals surface area (Å²) in [5.41, 5.74) is 18.4. The zero-order valence-corrected chi connectivity index (χ0v) is 33.4. The SMILES string of the molecule is c1ccc(B2c3ccccc3B3c4ccccc4N(c4ccccc4)c4c3c2cc2c4N(c3ccccc3)c3ccccc3N2c2cccc3cc4ccccc4cc23)cc1. The van der Waals surface area contributed by atoms with Crippen LogP contribution < -0.4 is 47.5 Å². The molecule has 0 saturated carbocycles. The van der Waals surface area contributed by atoms with Gasteiger partial charge in [-0.3, -0.25) is 0 Å². The molecule has 0 N–H and O–H groups in total. The summed E-state index contributed by atoms with van der Waals surface area (Å²) in [5, 5.41) is 4.91. The van der Waals surface area contributed by atoms with Crippen molar-refractivity contribution < 1.29 is 0 Å². The van der Waals surface area contributed by atoms with Crippen LogP contribution in [-0.2, 0) is 0 Å². The van der Waals surface area contributed by atoms with Crippen molar-refractivity contribution in [2.75, 3.05) is 14.7 Å². The smallest absolute Gasteiger partial charge is 0.245 e. The number of rotatable bonds is 4. The molecule has 61 heavy (non-hydrogen) atoms. The monoisotopic (exact) mass is 773 g/mol. The minimum absolute atomic E-state index is 0.0104. The molecule has 0 atom stereocenters. The van der Waals surface area contributed by atoms with Gasteiger partial charge in [0.25, 0.3) is 0 Å². The molecule has 0 saturated heterocycles. The summed E-state index contributed by atoms with van der Waals surface area (Å²) >= 11 is 0. The molecule has 13 rings (SSSR count). The highest BCUT2D eigenvalue weighted by atomic mass is 15.3. The van der Waals surface area contributed by atoms with Gasteiger partial charge in [0.15, 0.2) is 0 Å². The highest BCUT2D eigenvalue weighted by molar-refractivity contribution is 7.12. The van der Waals surface area contributed by atoms with E-state index in [0.29, 0.717) is 0 Å². The predicted octanol–water partition coefficient (Wildman–Crippen LogP) is 10.4. The maximum Gasteiger partial charge on any atom is 0.245 e. The first kappa shape index (κ1) is 34.1. The Kier molecular flexibility index (Phi) is 7.49. The standard InChI is InChI=1S/C56H37B2N3/c1-4-22-41(23-5-1)57-45-28-12-13-29-46(45)58-47-30-14-15-31-50(47)59(42-24-6-2-7-25-42)56-54(58)48(57)37-53-55(56)60(43-26-8-3-9-27-43)51-32-16-17-33-52(51)61(53)49-34-18-21-40-35-38-19-10-11-20-39(38)36-44(40)49/h1-37H. The fourth-order valence-corrected chi connectivity index (χ4v) is 10.8. The minimum Gasteiger partial charge on any atom is -0.309 e. The van der Waals surface area contributed by atoms with E-state index in [0.717, 1.165) is 39.8 Å².